The first-order chi connectivity index (χ1) is 18.0. The van der Waals surface area contributed by atoms with Gasteiger partial charge in [0.1, 0.15) is 17.4 Å². The number of carbonyl (C=O) groups is 2. The molecule has 1 amide bonds. The van der Waals surface area contributed by atoms with Gasteiger partial charge in [0.2, 0.25) is 0 Å². The number of carbonyl (C=O) groups excluding carboxylic acids is 2. The molecular weight excluding hydrogens is 482 g/mol. The molecule has 2 aromatic rings. The molecule has 2 aromatic carbocycles. The standard InChI is InChI=1S/C28H35N7O3/c1-4-34-28(38)27(33)35(19-11-9-17(10-12-19)24(15(2)29)16(3)36)26(32)21-13-20(22(30)14-23(21)37)25(31)18-7-5-6-8-18/h9-14,18,24,29,31-33,37H,4-8,30H2,1-3H3,(H,34,38). The van der Waals surface area contributed by atoms with E-state index < -0.39 is 17.7 Å². The van der Waals surface area contributed by atoms with Crippen molar-refractivity contribution in [1.82, 2.24) is 5.32 Å². The molecule has 3 rings (SSSR count). The lowest BCUT2D eigenvalue weighted by atomic mass is 9.91. The van der Waals surface area contributed by atoms with Crippen LogP contribution in [0.1, 0.15) is 69.1 Å². The van der Waals surface area contributed by atoms with Crippen LogP contribution in [-0.2, 0) is 9.59 Å². The number of hydrogen-bond donors (Lipinski definition) is 7. The molecule has 0 aliphatic heterocycles. The van der Waals surface area contributed by atoms with Crippen LogP contribution in [-0.4, -0.2) is 46.4 Å². The highest BCUT2D eigenvalue weighted by atomic mass is 16.3. The summed E-state index contributed by atoms with van der Waals surface area (Å²) in [7, 11) is 0. The quantitative estimate of drug-likeness (QED) is 0.157. The summed E-state index contributed by atoms with van der Waals surface area (Å²) in [5.41, 5.74) is 8.21. The van der Waals surface area contributed by atoms with Crippen molar-refractivity contribution in [1.29, 1.82) is 21.6 Å². The molecule has 1 aliphatic rings. The second-order valence-corrected chi connectivity index (χ2v) is 9.56. The average Bonchev–Trinajstić information content (AvgIpc) is 3.39. The molecule has 1 aliphatic carbocycles. The van der Waals surface area contributed by atoms with Crippen LogP contribution in [0.2, 0.25) is 0 Å². The molecule has 0 heterocycles. The number of amides is 1. The summed E-state index contributed by atoms with van der Waals surface area (Å²) in [5.74, 6) is -2.77. The molecule has 10 nitrogen and oxygen atoms in total. The summed E-state index contributed by atoms with van der Waals surface area (Å²) >= 11 is 0. The smallest absolute Gasteiger partial charge is 0.287 e. The van der Waals surface area contributed by atoms with E-state index in [2.05, 4.69) is 5.32 Å². The SMILES string of the molecule is CCNC(=O)C(=N)N(C(=N)c1cc(C(=N)C2CCCC2)c(N)cc1O)c1ccc(C(C(C)=N)C(C)=O)cc1. The van der Waals surface area contributed by atoms with Crippen molar-refractivity contribution >= 4 is 46.2 Å². The third-order valence-electron chi connectivity index (χ3n) is 6.80. The number of phenolic OH excluding ortho intramolecular Hbond substituents is 1. The van der Waals surface area contributed by atoms with Gasteiger partial charge in [-0.25, -0.2) is 0 Å². The van der Waals surface area contributed by atoms with Crippen molar-refractivity contribution in [3.63, 3.8) is 0 Å². The number of Topliss-reactive ketones (excluding diaryl/α,β-unsaturated/α-hetero) is 1. The molecule has 0 saturated heterocycles. The Kier molecular flexibility index (Phi) is 8.77. The zero-order valence-electron chi connectivity index (χ0n) is 21.9. The number of aromatic hydroxyl groups is 1. The van der Waals surface area contributed by atoms with E-state index in [1.165, 1.54) is 19.1 Å². The first-order valence-corrected chi connectivity index (χ1v) is 12.6. The van der Waals surface area contributed by atoms with Crippen molar-refractivity contribution < 1.29 is 14.7 Å². The molecule has 10 heteroatoms. The van der Waals surface area contributed by atoms with Gasteiger partial charge in [0.05, 0.1) is 11.5 Å². The maximum absolute atomic E-state index is 12.7. The second kappa shape index (κ2) is 11.8. The fourth-order valence-electron chi connectivity index (χ4n) is 4.90. The Morgan fingerprint density at radius 1 is 1.05 bits per heavy atom. The molecule has 0 bridgehead atoms. The molecule has 8 N–H and O–H groups in total. The molecule has 0 aromatic heterocycles. The number of nitrogens with one attached hydrogen (secondary N) is 5. The lowest BCUT2D eigenvalue weighted by Gasteiger charge is -2.27. The first kappa shape index (κ1) is 28.2. The van der Waals surface area contributed by atoms with Gasteiger partial charge < -0.3 is 27.0 Å². The fraction of sp³-hybridized carbons (Fsp3) is 0.357. The van der Waals surface area contributed by atoms with Crippen LogP contribution in [0.4, 0.5) is 11.4 Å². The molecular formula is C28H35N7O3. The number of likely N-dealkylation sites (N-methyl/N-ethyl adjacent to an activating group) is 1. The maximum Gasteiger partial charge on any atom is 0.287 e. The lowest BCUT2D eigenvalue weighted by molar-refractivity contribution is -0.117. The number of phenols is 1. The average molecular weight is 518 g/mol. The van der Waals surface area contributed by atoms with Crippen LogP contribution < -0.4 is 16.0 Å². The van der Waals surface area contributed by atoms with E-state index in [4.69, 9.17) is 27.4 Å². The predicted molar refractivity (Wildman–Crippen MR) is 150 cm³/mol. The van der Waals surface area contributed by atoms with Crippen LogP contribution in [0.3, 0.4) is 0 Å². The number of amidine groups is 2. The Labute approximate surface area is 222 Å². The summed E-state index contributed by atoms with van der Waals surface area (Å²) in [6.07, 6.45) is 3.82. The van der Waals surface area contributed by atoms with E-state index in [1.54, 1.807) is 38.1 Å². The van der Waals surface area contributed by atoms with Gasteiger partial charge >= 0.3 is 0 Å². The van der Waals surface area contributed by atoms with Gasteiger partial charge in [-0.2, -0.15) is 0 Å². The number of nitrogen functional groups attached to an aromatic ring is 1. The Morgan fingerprint density at radius 3 is 2.18 bits per heavy atom. The molecule has 200 valence electrons. The summed E-state index contributed by atoms with van der Waals surface area (Å²) in [6.45, 7) is 4.95. The Balaban J connectivity index is 2.08. The predicted octanol–water partition coefficient (Wildman–Crippen LogP) is 4.19. The minimum atomic E-state index is -0.718. The number of anilines is 2. The largest absolute Gasteiger partial charge is 0.507 e. The van der Waals surface area contributed by atoms with Crippen molar-refractivity contribution in [3.05, 3.63) is 53.1 Å². The number of nitrogens with two attached hydrogens (primary N) is 1. The Hall–Kier alpha value is -4.34. The molecule has 1 saturated carbocycles. The summed E-state index contributed by atoms with van der Waals surface area (Å²) in [4.78, 5) is 25.8. The van der Waals surface area contributed by atoms with Crippen molar-refractivity contribution in [2.45, 2.75) is 52.4 Å². The van der Waals surface area contributed by atoms with E-state index in [0.717, 1.165) is 30.6 Å². The number of hydrogen-bond acceptors (Lipinski definition) is 8. The van der Waals surface area contributed by atoms with Crippen LogP contribution in [0.15, 0.2) is 36.4 Å². The highest BCUT2D eigenvalue weighted by Crippen LogP contribution is 2.34. The number of nitrogens with zero attached hydrogens (tertiary/aromatic N) is 1. The van der Waals surface area contributed by atoms with E-state index in [9.17, 15) is 14.7 Å². The zero-order valence-corrected chi connectivity index (χ0v) is 21.9. The second-order valence-electron chi connectivity index (χ2n) is 9.56. The minimum Gasteiger partial charge on any atom is -0.507 e. The number of rotatable bonds is 8. The monoisotopic (exact) mass is 517 g/mol. The van der Waals surface area contributed by atoms with E-state index in [1.807, 2.05) is 0 Å². The first-order valence-electron chi connectivity index (χ1n) is 12.6. The van der Waals surface area contributed by atoms with Crippen molar-refractivity contribution in [2.24, 2.45) is 5.92 Å². The number of ketones is 1. The van der Waals surface area contributed by atoms with Crippen molar-refractivity contribution in [2.75, 3.05) is 17.2 Å². The van der Waals surface area contributed by atoms with Gasteiger partial charge in [0.15, 0.2) is 5.84 Å². The molecule has 1 fully saturated rings. The minimum absolute atomic E-state index is 0.0204. The summed E-state index contributed by atoms with van der Waals surface area (Å²) in [6, 6.07) is 9.14. The van der Waals surface area contributed by atoms with Crippen LogP contribution in [0.25, 0.3) is 0 Å². The zero-order chi connectivity index (χ0) is 28.1. The van der Waals surface area contributed by atoms with E-state index in [0.29, 0.717) is 16.8 Å². The summed E-state index contributed by atoms with van der Waals surface area (Å²) in [5, 5.41) is 47.5. The van der Waals surface area contributed by atoms with Crippen LogP contribution in [0, 0.1) is 27.6 Å². The van der Waals surface area contributed by atoms with Crippen LogP contribution >= 0.6 is 0 Å². The molecule has 38 heavy (non-hydrogen) atoms. The maximum atomic E-state index is 12.7. The van der Waals surface area contributed by atoms with E-state index in [-0.39, 0.29) is 52.5 Å². The van der Waals surface area contributed by atoms with Crippen LogP contribution in [0.5, 0.6) is 5.75 Å². The topological polar surface area (TPSA) is 191 Å². The molecule has 1 atom stereocenters. The molecule has 1 unspecified atom stereocenters. The molecule has 0 radical (unpaired) electrons. The van der Waals surface area contributed by atoms with Gasteiger partial charge in [0.25, 0.3) is 5.91 Å². The fourth-order valence-corrected chi connectivity index (χ4v) is 4.90. The third-order valence-corrected chi connectivity index (χ3v) is 6.80. The van der Waals surface area contributed by atoms with Gasteiger partial charge in [0, 0.05) is 46.9 Å². The summed E-state index contributed by atoms with van der Waals surface area (Å²) < 4.78 is 0. The van der Waals surface area contributed by atoms with Gasteiger partial charge in [-0.05, 0) is 57.4 Å². The van der Waals surface area contributed by atoms with Gasteiger partial charge in [-0.15, -0.1) is 0 Å². The third kappa shape index (κ3) is 5.80. The normalized spacial score (nSPS) is 14.0. The Bertz CT molecular complexity index is 1280. The lowest BCUT2D eigenvalue weighted by Crippen LogP contribution is -2.46. The van der Waals surface area contributed by atoms with Crippen molar-refractivity contribution in [3.8, 4) is 5.75 Å². The van der Waals surface area contributed by atoms with Gasteiger partial charge in [-0.3, -0.25) is 25.3 Å². The Morgan fingerprint density at radius 2 is 1.66 bits per heavy atom. The van der Waals surface area contributed by atoms with Gasteiger partial charge in [-0.1, -0.05) is 25.0 Å². The number of benzene rings is 2. The highest BCUT2D eigenvalue weighted by molar-refractivity contribution is 6.48. The highest BCUT2D eigenvalue weighted by Gasteiger charge is 2.29. The molecule has 0 spiro atoms. The van der Waals surface area contributed by atoms with E-state index >= 15 is 0 Å².